The summed E-state index contributed by atoms with van der Waals surface area (Å²) in [6.45, 7) is 11.4. The molecule has 43 heavy (non-hydrogen) atoms. The van der Waals surface area contributed by atoms with Crippen LogP contribution >= 0.6 is 11.6 Å². The number of para-hydroxylation sites is 1. The molecule has 2 N–H and O–H groups in total. The Labute approximate surface area is 261 Å². The number of nitrogens with one attached hydrogen (secondary N) is 1. The van der Waals surface area contributed by atoms with Crippen LogP contribution in [0.15, 0.2) is 79.0 Å². The summed E-state index contributed by atoms with van der Waals surface area (Å²) in [4.78, 5) is 21.3. The van der Waals surface area contributed by atoms with E-state index in [1.807, 2.05) is 17.0 Å². The second kappa shape index (κ2) is 15.4. The van der Waals surface area contributed by atoms with Crippen LogP contribution in [-0.4, -0.2) is 64.7 Å². The van der Waals surface area contributed by atoms with Gasteiger partial charge in [-0.25, -0.2) is 0 Å². The molecule has 1 amide bonds. The second-order valence-corrected chi connectivity index (χ2v) is 12.8. The Morgan fingerprint density at radius 2 is 1.72 bits per heavy atom. The van der Waals surface area contributed by atoms with Crippen molar-refractivity contribution in [3.05, 3.63) is 101 Å². The van der Waals surface area contributed by atoms with Crippen molar-refractivity contribution in [2.45, 2.75) is 65.0 Å². The molecule has 0 bridgehead atoms. The number of nitrogens with zero attached hydrogens (tertiary/aromatic N) is 2. The fraction of sp³-hybridized carbons (Fsp3) is 0.417. The van der Waals surface area contributed by atoms with Gasteiger partial charge in [0, 0.05) is 41.8 Å². The molecule has 4 rings (SSSR count). The van der Waals surface area contributed by atoms with Crippen molar-refractivity contribution in [3.8, 4) is 5.75 Å². The lowest BCUT2D eigenvalue weighted by Gasteiger charge is -2.29. The number of aromatic amines is 1. The molecule has 0 saturated carbocycles. The molecule has 0 unspecified atom stereocenters. The molecule has 0 aliphatic heterocycles. The predicted octanol–water partition coefficient (Wildman–Crippen LogP) is 7.23. The van der Waals surface area contributed by atoms with Gasteiger partial charge in [-0.2, -0.15) is 0 Å². The number of hydrogen-bond acceptors (Lipinski definition) is 4. The van der Waals surface area contributed by atoms with Gasteiger partial charge in [-0.3, -0.25) is 9.69 Å². The third-order valence-electron chi connectivity index (χ3n) is 7.78. The number of unbranched alkanes of at least 4 members (excludes halogenated alkanes) is 1. The lowest BCUT2D eigenvalue weighted by atomic mass is 9.87. The van der Waals surface area contributed by atoms with E-state index in [0.29, 0.717) is 30.4 Å². The summed E-state index contributed by atoms with van der Waals surface area (Å²) in [7, 11) is 0. The van der Waals surface area contributed by atoms with E-state index in [4.69, 9.17) is 16.3 Å². The van der Waals surface area contributed by atoms with Crippen LogP contribution in [-0.2, 0) is 23.2 Å². The molecule has 4 aromatic rings. The van der Waals surface area contributed by atoms with Crippen molar-refractivity contribution < 1.29 is 14.6 Å². The number of amides is 1. The number of hydrogen-bond donors (Lipinski definition) is 2. The maximum atomic E-state index is 13.9. The normalized spacial score (nSPS) is 12.5. The van der Waals surface area contributed by atoms with Gasteiger partial charge < -0.3 is 19.7 Å². The standard InChI is InChI=1S/C36H46ClN3O3/c1-5-6-20-39(24-31(41)26-43-32-17-15-30(37)16-18-32)25-35(42)40(23-27-11-13-29(14-12-27)36(2,3)4)21-19-28-22-38-34-10-8-7-9-33(28)34/h7-18,22,31,38,41H,5-6,19-21,23-26H2,1-4H3/t31-/m0/s1. The maximum Gasteiger partial charge on any atom is 0.237 e. The van der Waals surface area contributed by atoms with Crippen molar-refractivity contribution >= 4 is 28.4 Å². The molecule has 1 heterocycles. The molecule has 7 heteroatoms. The third kappa shape index (κ3) is 9.85. The molecule has 0 radical (unpaired) electrons. The highest BCUT2D eigenvalue weighted by Gasteiger charge is 2.21. The Bertz CT molecular complexity index is 1430. The lowest BCUT2D eigenvalue weighted by Crippen LogP contribution is -2.44. The number of aliphatic hydroxyl groups excluding tert-OH is 1. The minimum absolute atomic E-state index is 0.0571. The fourth-order valence-electron chi connectivity index (χ4n) is 5.20. The average molecular weight is 604 g/mol. The Hall–Kier alpha value is -3.32. The molecule has 0 aliphatic rings. The number of halogens is 1. The van der Waals surface area contributed by atoms with Gasteiger partial charge in [0.05, 0.1) is 6.54 Å². The zero-order valence-corrected chi connectivity index (χ0v) is 26.7. The van der Waals surface area contributed by atoms with Crippen LogP contribution in [0.25, 0.3) is 10.9 Å². The fourth-order valence-corrected chi connectivity index (χ4v) is 5.32. The largest absolute Gasteiger partial charge is 0.491 e. The van der Waals surface area contributed by atoms with Gasteiger partial charge in [0.15, 0.2) is 0 Å². The zero-order valence-electron chi connectivity index (χ0n) is 26.0. The average Bonchev–Trinajstić information content (AvgIpc) is 3.40. The van der Waals surface area contributed by atoms with Crippen LogP contribution < -0.4 is 4.74 Å². The molecule has 1 aromatic heterocycles. The summed E-state index contributed by atoms with van der Waals surface area (Å²) in [6, 6.07) is 24.0. The van der Waals surface area contributed by atoms with Crippen LogP contribution in [0.4, 0.5) is 0 Å². The number of benzene rings is 3. The third-order valence-corrected chi connectivity index (χ3v) is 8.04. The van der Waals surface area contributed by atoms with E-state index in [0.717, 1.165) is 36.9 Å². The SMILES string of the molecule is CCCCN(CC(=O)N(CCc1c[nH]c2ccccc12)Cc1ccc(C(C)(C)C)cc1)C[C@H](O)COc1ccc(Cl)cc1. The topological polar surface area (TPSA) is 68.8 Å². The van der Waals surface area contributed by atoms with E-state index < -0.39 is 6.10 Å². The molecule has 230 valence electrons. The van der Waals surface area contributed by atoms with Crippen LogP contribution in [0, 0.1) is 0 Å². The van der Waals surface area contributed by atoms with Crippen molar-refractivity contribution in [3.63, 3.8) is 0 Å². The van der Waals surface area contributed by atoms with Crippen molar-refractivity contribution in [2.24, 2.45) is 0 Å². The van der Waals surface area contributed by atoms with Crippen molar-refractivity contribution in [1.29, 1.82) is 0 Å². The number of H-pyrrole nitrogens is 1. The van der Waals surface area contributed by atoms with Gasteiger partial charge in [-0.1, -0.05) is 88.2 Å². The number of fused-ring (bicyclic) bond motifs is 1. The number of carbonyl (C=O) groups excluding carboxylic acids is 1. The highest BCUT2D eigenvalue weighted by atomic mass is 35.5. The number of ether oxygens (including phenoxy) is 1. The van der Waals surface area contributed by atoms with Gasteiger partial charge in [0.2, 0.25) is 5.91 Å². The highest BCUT2D eigenvalue weighted by molar-refractivity contribution is 6.30. The second-order valence-electron chi connectivity index (χ2n) is 12.4. The summed E-state index contributed by atoms with van der Waals surface area (Å²) in [5.41, 5.74) is 4.76. The molecule has 0 saturated heterocycles. The van der Waals surface area contributed by atoms with Crippen LogP contribution in [0.3, 0.4) is 0 Å². The smallest absolute Gasteiger partial charge is 0.237 e. The van der Waals surface area contributed by atoms with E-state index >= 15 is 0 Å². The Kier molecular flexibility index (Phi) is 11.7. The molecule has 0 aliphatic carbocycles. The summed E-state index contributed by atoms with van der Waals surface area (Å²) >= 11 is 5.97. The molecular weight excluding hydrogens is 558 g/mol. The molecule has 0 spiro atoms. The first-order valence-electron chi connectivity index (χ1n) is 15.3. The predicted molar refractivity (Wildman–Crippen MR) is 177 cm³/mol. The first kappa shape index (κ1) is 32.6. The molecular formula is C36H46ClN3O3. The van der Waals surface area contributed by atoms with Gasteiger partial charge in [0.1, 0.15) is 18.5 Å². The Morgan fingerprint density at radius 1 is 1.00 bits per heavy atom. The Balaban J connectivity index is 1.45. The lowest BCUT2D eigenvalue weighted by molar-refractivity contribution is -0.133. The number of rotatable bonds is 15. The van der Waals surface area contributed by atoms with Crippen LogP contribution in [0.2, 0.25) is 5.02 Å². The minimum Gasteiger partial charge on any atom is -0.491 e. The van der Waals surface area contributed by atoms with E-state index in [9.17, 15) is 9.90 Å². The summed E-state index contributed by atoms with van der Waals surface area (Å²) < 4.78 is 5.77. The van der Waals surface area contributed by atoms with E-state index in [-0.39, 0.29) is 24.5 Å². The first-order chi connectivity index (χ1) is 20.6. The van der Waals surface area contributed by atoms with Crippen molar-refractivity contribution in [2.75, 3.05) is 32.8 Å². The van der Waals surface area contributed by atoms with E-state index in [1.54, 1.807) is 24.3 Å². The van der Waals surface area contributed by atoms with Crippen LogP contribution in [0.5, 0.6) is 5.75 Å². The van der Waals surface area contributed by atoms with E-state index in [1.165, 1.54) is 16.5 Å². The Morgan fingerprint density at radius 3 is 2.42 bits per heavy atom. The van der Waals surface area contributed by atoms with E-state index in [2.05, 4.69) is 80.2 Å². The quantitative estimate of drug-likeness (QED) is 0.150. The molecule has 0 fully saturated rings. The number of aliphatic hydroxyl groups is 1. The highest BCUT2D eigenvalue weighted by Crippen LogP contribution is 2.23. The zero-order chi connectivity index (χ0) is 30.8. The summed E-state index contributed by atoms with van der Waals surface area (Å²) in [5, 5.41) is 12.6. The van der Waals surface area contributed by atoms with Gasteiger partial charge in [0.25, 0.3) is 0 Å². The number of carbonyl (C=O) groups is 1. The van der Waals surface area contributed by atoms with Crippen molar-refractivity contribution in [1.82, 2.24) is 14.8 Å². The summed E-state index contributed by atoms with van der Waals surface area (Å²) in [5.74, 6) is 0.710. The van der Waals surface area contributed by atoms with Crippen LogP contribution in [0.1, 0.15) is 57.2 Å². The minimum atomic E-state index is -0.732. The number of aromatic nitrogens is 1. The van der Waals surface area contributed by atoms with Gasteiger partial charge >= 0.3 is 0 Å². The molecule has 1 atom stereocenters. The molecule has 6 nitrogen and oxygen atoms in total. The summed E-state index contributed by atoms with van der Waals surface area (Å²) in [6.07, 6.45) is 4.02. The van der Waals surface area contributed by atoms with Gasteiger partial charge in [-0.05, 0) is 71.8 Å². The first-order valence-corrected chi connectivity index (χ1v) is 15.7. The molecule has 3 aromatic carbocycles. The maximum absolute atomic E-state index is 13.9. The van der Waals surface area contributed by atoms with Gasteiger partial charge in [-0.15, -0.1) is 0 Å². The monoisotopic (exact) mass is 603 g/mol.